The van der Waals surface area contributed by atoms with Crippen LogP contribution in [0.5, 0.6) is 0 Å². The van der Waals surface area contributed by atoms with Gasteiger partial charge in [0, 0.05) is 13.1 Å². The monoisotopic (exact) mass is 309 g/mol. The molecular formula is C15H20ClN3O2. The average molecular weight is 310 g/mol. The van der Waals surface area contributed by atoms with Gasteiger partial charge in [-0.2, -0.15) is 0 Å². The third-order valence-corrected chi connectivity index (χ3v) is 3.96. The van der Waals surface area contributed by atoms with Crippen molar-refractivity contribution in [2.45, 2.75) is 31.7 Å². The van der Waals surface area contributed by atoms with E-state index in [1.165, 1.54) is 0 Å². The molecule has 3 N–H and O–H groups in total. The fourth-order valence-corrected chi connectivity index (χ4v) is 2.63. The van der Waals surface area contributed by atoms with Gasteiger partial charge in [0.2, 0.25) is 11.8 Å². The number of hydrogen-bond acceptors (Lipinski definition) is 3. The Labute approximate surface area is 129 Å². The Hall–Kier alpha value is -1.75. The van der Waals surface area contributed by atoms with Crippen LogP contribution in [-0.4, -0.2) is 35.8 Å². The molecule has 0 aromatic heterocycles. The molecule has 6 heteroatoms. The van der Waals surface area contributed by atoms with Gasteiger partial charge in [-0.1, -0.05) is 23.7 Å². The third-order valence-electron chi connectivity index (χ3n) is 3.63. The molecule has 21 heavy (non-hydrogen) atoms. The van der Waals surface area contributed by atoms with E-state index >= 15 is 0 Å². The van der Waals surface area contributed by atoms with E-state index < -0.39 is 11.9 Å². The van der Waals surface area contributed by atoms with Crippen LogP contribution in [0.3, 0.4) is 0 Å². The maximum Gasteiger partial charge on any atom is 0.240 e. The number of likely N-dealkylation sites (tertiary alicyclic amines) is 1. The van der Waals surface area contributed by atoms with Crippen LogP contribution in [0, 0.1) is 0 Å². The van der Waals surface area contributed by atoms with Gasteiger partial charge in [0.25, 0.3) is 0 Å². The summed E-state index contributed by atoms with van der Waals surface area (Å²) in [6.07, 6.45) is 3.25. The minimum absolute atomic E-state index is 0.0435. The van der Waals surface area contributed by atoms with E-state index in [1.54, 1.807) is 29.2 Å². The van der Waals surface area contributed by atoms with Gasteiger partial charge in [0.05, 0.1) is 17.1 Å². The van der Waals surface area contributed by atoms with Gasteiger partial charge in [0.1, 0.15) is 6.04 Å². The van der Waals surface area contributed by atoms with Gasteiger partial charge in [-0.3, -0.25) is 9.59 Å². The standard InChI is InChI=1S/C15H20ClN3O2/c16-11-6-2-3-7-12(11)18-13(15(17)21)10-14(20)19-8-4-1-5-9-19/h2-3,6-7,13,18H,1,4-5,8-10H2,(H2,17,21). The van der Waals surface area contributed by atoms with Crippen LogP contribution in [-0.2, 0) is 9.59 Å². The number of amides is 2. The number of nitrogens with one attached hydrogen (secondary N) is 1. The SMILES string of the molecule is NC(=O)C(CC(=O)N1CCCCC1)Nc1ccccc1Cl. The minimum atomic E-state index is -0.751. The van der Waals surface area contributed by atoms with Gasteiger partial charge >= 0.3 is 0 Å². The number of piperidine rings is 1. The predicted molar refractivity (Wildman–Crippen MR) is 83.1 cm³/mol. The maximum atomic E-state index is 12.2. The van der Waals surface area contributed by atoms with Crippen molar-refractivity contribution in [1.82, 2.24) is 4.90 Å². The number of primary amides is 1. The fraction of sp³-hybridized carbons (Fsp3) is 0.467. The summed E-state index contributed by atoms with van der Waals surface area (Å²) >= 11 is 6.05. The fourth-order valence-electron chi connectivity index (χ4n) is 2.44. The molecule has 0 bridgehead atoms. The number of anilines is 1. The summed E-state index contributed by atoms with van der Waals surface area (Å²) in [7, 11) is 0. The first kappa shape index (κ1) is 15.6. The molecular weight excluding hydrogens is 290 g/mol. The number of nitrogens with zero attached hydrogens (tertiary/aromatic N) is 1. The van der Waals surface area contributed by atoms with E-state index in [-0.39, 0.29) is 12.3 Å². The van der Waals surface area contributed by atoms with Crippen molar-refractivity contribution in [1.29, 1.82) is 0 Å². The lowest BCUT2D eigenvalue weighted by Gasteiger charge is -2.28. The quantitative estimate of drug-likeness (QED) is 0.873. The van der Waals surface area contributed by atoms with Gasteiger partial charge in [0.15, 0.2) is 0 Å². The number of halogens is 1. The van der Waals surface area contributed by atoms with Crippen molar-refractivity contribution < 1.29 is 9.59 Å². The second-order valence-electron chi connectivity index (χ2n) is 5.22. The summed E-state index contributed by atoms with van der Waals surface area (Å²) in [6.45, 7) is 1.52. The molecule has 0 saturated carbocycles. The van der Waals surface area contributed by atoms with E-state index in [9.17, 15) is 9.59 Å². The van der Waals surface area contributed by atoms with Crippen molar-refractivity contribution in [2.24, 2.45) is 5.73 Å². The smallest absolute Gasteiger partial charge is 0.240 e. The molecule has 1 aliphatic heterocycles. The Morgan fingerprint density at radius 3 is 2.52 bits per heavy atom. The Balaban J connectivity index is 2.00. The number of hydrogen-bond donors (Lipinski definition) is 2. The van der Waals surface area contributed by atoms with Crippen LogP contribution in [0.15, 0.2) is 24.3 Å². The van der Waals surface area contributed by atoms with Crippen LogP contribution in [0.4, 0.5) is 5.69 Å². The van der Waals surface area contributed by atoms with Crippen LogP contribution in [0.25, 0.3) is 0 Å². The maximum absolute atomic E-state index is 12.2. The highest BCUT2D eigenvalue weighted by Crippen LogP contribution is 2.22. The molecule has 1 heterocycles. The Bertz CT molecular complexity index is 515. The van der Waals surface area contributed by atoms with Gasteiger partial charge in [-0.15, -0.1) is 0 Å². The van der Waals surface area contributed by atoms with Gasteiger partial charge in [-0.25, -0.2) is 0 Å². The number of nitrogens with two attached hydrogens (primary N) is 1. The minimum Gasteiger partial charge on any atom is -0.372 e. The highest BCUT2D eigenvalue weighted by atomic mass is 35.5. The van der Waals surface area contributed by atoms with E-state index in [2.05, 4.69) is 5.32 Å². The Morgan fingerprint density at radius 1 is 1.24 bits per heavy atom. The molecule has 0 radical (unpaired) electrons. The number of carbonyl (C=O) groups excluding carboxylic acids is 2. The number of rotatable bonds is 5. The van der Waals surface area contributed by atoms with Crippen molar-refractivity contribution in [2.75, 3.05) is 18.4 Å². The molecule has 1 fully saturated rings. The highest BCUT2D eigenvalue weighted by molar-refractivity contribution is 6.33. The van der Waals surface area contributed by atoms with Crippen molar-refractivity contribution in [3.8, 4) is 0 Å². The molecule has 1 atom stereocenters. The number of para-hydroxylation sites is 1. The Kier molecular flexibility index (Phi) is 5.44. The first-order chi connectivity index (χ1) is 10.1. The third kappa shape index (κ3) is 4.36. The molecule has 2 rings (SSSR count). The molecule has 114 valence electrons. The first-order valence-corrected chi connectivity index (χ1v) is 7.54. The molecule has 0 aliphatic carbocycles. The summed E-state index contributed by atoms with van der Waals surface area (Å²) in [4.78, 5) is 25.6. The number of benzene rings is 1. The van der Waals surface area contributed by atoms with Crippen molar-refractivity contribution in [3.05, 3.63) is 29.3 Å². The molecule has 1 aliphatic rings. The summed E-state index contributed by atoms with van der Waals surface area (Å²) < 4.78 is 0. The lowest BCUT2D eigenvalue weighted by molar-refractivity contribution is -0.134. The second-order valence-corrected chi connectivity index (χ2v) is 5.63. The summed E-state index contributed by atoms with van der Waals surface area (Å²) in [5, 5.41) is 3.46. The molecule has 0 spiro atoms. The lowest BCUT2D eigenvalue weighted by Crippen LogP contribution is -2.43. The topological polar surface area (TPSA) is 75.4 Å². The van der Waals surface area contributed by atoms with Crippen molar-refractivity contribution >= 4 is 29.1 Å². The van der Waals surface area contributed by atoms with E-state index in [0.717, 1.165) is 32.4 Å². The zero-order valence-corrected chi connectivity index (χ0v) is 12.6. The first-order valence-electron chi connectivity index (χ1n) is 7.16. The molecule has 1 aromatic rings. The van der Waals surface area contributed by atoms with Crippen LogP contribution < -0.4 is 11.1 Å². The second kappa shape index (κ2) is 7.31. The van der Waals surface area contributed by atoms with Gasteiger partial charge in [-0.05, 0) is 31.4 Å². The Morgan fingerprint density at radius 2 is 1.90 bits per heavy atom. The normalized spacial score (nSPS) is 16.3. The average Bonchev–Trinajstić information content (AvgIpc) is 2.49. The molecule has 5 nitrogen and oxygen atoms in total. The van der Waals surface area contributed by atoms with Crippen molar-refractivity contribution in [3.63, 3.8) is 0 Å². The van der Waals surface area contributed by atoms with Crippen LogP contribution >= 0.6 is 11.6 Å². The summed E-state index contributed by atoms with van der Waals surface area (Å²) in [5.74, 6) is -0.599. The molecule has 1 saturated heterocycles. The molecule has 1 unspecified atom stereocenters. The largest absolute Gasteiger partial charge is 0.372 e. The highest BCUT2D eigenvalue weighted by Gasteiger charge is 2.24. The zero-order chi connectivity index (χ0) is 15.2. The van der Waals surface area contributed by atoms with E-state index in [0.29, 0.717) is 10.7 Å². The predicted octanol–water partition coefficient (Wildman–Crippen LogP) is 2.01. The van der Waals surface area contributed by atoms with E-state index in [4.69, 9.17) is 17.3 Å². The van der Waals surface area contributed by atoms with E-state index in [1.807, 2.05) is 0 Å². The van der Waals surface area contributed by atoms with Crippen LogP contribution in [0.2, 0.25) is 5.02 Å². The molecule has 2 amide bonds. The lowest BCUT2D eigenvalue weighted by atomic mass is 10.1. The summed E-state index contributed by atoms with van der Waals surface area (Å²) in [6, 6.07) is 6.32. The zero-order valence-electron chi connectivity index (χ0n) is 11.8. The number of carbonyl (C=O) groups is 2. The summed E-state index contributed by atoms with van der Waals surface area (Å²) in [5.41, 5.74) is 6.00. The van der Waals surface area contributed by atoms with Gasteiger partial charge < -0.3 is 16.0 Å². The van der Waals surface area contributed by atoms with Crippen LogP contribution in [0.1, 0.15) is 25.7 Å². The molecule has 1 aromatic carbocycles.